The Hall–Kier alpha value is -2.06. The Balaban J connectivity index is 1.40. The maximum absolute atomic E-state index is 17.3. The molecule has 0 amide bonds. The first-order valence-corrected chi connectivity index (χ1v) is 13.6. The van der Waals surface area contributed by atoms with Crippen LogP contribution in [-0.4, -0.2) is 103 Å². The molecule has 6 N–H and O–H groups in total. The van der Waals surface area contributed by atoms with Gasteiger partial charge in [0.15, 0.2) is 29.6 Å². The molecular formula is C28H37FO11. The van der Waals surface area contributed by atoms with Crippen LogP contribution in [0.15, 0.2) is 23.8 Å². The molecule has 0 bridgehead atoms. The van der Waals surface area contributed by atoms with Gasteiger partial charge in [-0.3, -0.25) is 9.59 Å². The highest BCUT2D eigenvalue weighted by atomic mass is 19.1. The van der Waals surface area contributed by atoms with Crippen molar-refractivity contribution < 1.29 is 58.9 Å². The molecule has 1 heterocycles. The average molecular weight is 569 g/mol. The number of rotatable bonds is 5. The van der Waals surface area contributed by atoms with Gasteiger partial charge < -0.3 is 40.1 Å². The summed E-state index contributed by atoms with van der Waals surface area (Å²) in [6.07, 6.45) is -5.93. The second-order valence-electron chi connectivity index (χ2n) is 12.6. The number of hydrogen-bond acceptors (Lipinski definition) is 10. The summed E-state index contributed by atoms with van der Waals surface area (Å²) in [5.74, 6) is -4.56. The normalized spacial score (nSPS) is 51.9. The predicted molar refractivity (Wildman–Crippen MR) is 133 cm³/mol. The lowest BCUT2D eigenvalue weighted by Gasteiger charge is -2.62. The van der Waals surface area contributed by atoms with E-state index in [4.69, 9.17) is 9.47 Å². The number of Topliss-reactive ketones (excluding diaryl/α,β-unsaturated/α-hetero) is 1. The molecule has 0 radical (unpaired) electrons. The minimum atomic E-state index is -2.13. The summed E-state index contributed by atoms with van der Waals surface area (Å²) in [5.41, 5.74) is -6.07. The van der Waals surface area contributed by atoms with E-state index in [0.29, 0.717) is 18.4 Å². The van der Waals surface area contributed by atoms with Crippen molar-refractivity contribution in [2.24, 2.45) is 28.6 Å². The molecule has 12 heteroatoms. The number of carboxylic acid groups (broad SMARTS) is 1. The van der Waals surface area contributed by atoms with Crippen LogP contribution in [0.3, 0.4) is 0 Å². The highest BCUT2D eigenvalue weighted by Crippen LogP contribution is 2.70. The number of carbonyl (C=O) groups is 3. The van der Waals surface area contributed by atoms with Gasteiger partial charge >= 0.3 is 5.97 Å². The van der Waals surface area contributed by atoms with Crippen LogP contribution in [0.25, 0.3) is 0 Å². The van der Waals surface area contributed by atoms with Gasteiger partial charge in [0.25, 0.3) is 0 Å². The number of fused-ring (bicyclic) bond motifs is 5. The zero-order chi connectivity index (χ0) is 29.6. The summed E-state index contributed by atoms with van der Waals surface area (Å²) < 4.78 is 27.7. The Morgan fingerprint density at radius 1 is 1.12 bits per heavy atom. The maximum Gasteiger partial charge on any atom is 0.335 e. The number of halogens is 1. The number of ether oxygens (including phenoxy) is 2. The summed E-state index contributed by atoms with van der Waals surface area (Å²) in [4.78, 5) is 37.0. The molecule has 11 nitrogen and oxygen atoms in total. The molecule has 4 fully saturated rings. The van der Waals surface area contributed by atoms with Gasteiger partial charge in [-0.05, 0) is 56.6 Å². The smallest absolute Gasteiger partial charge is 0.335 e. The lowest BCUT2D eigenvalue weighted by atomic mass is 9.44. The topological polar surface area (TPSA) is 191 Å². The molecular weight excluding hydrogens is 531 g/mol. The van der Waals surface area contributed by atoms with Gasteiger partial charge in [-0.1, -0.05) is 25.5 Å². The number of allylic oxidation sites excluding steroid dienone is 4. The first-order valence-electron chi connectivity index (χ1n) is 13.6. The molecule has 4 aliphatic carbocycles. The molecule has 5 aliphatic rings. The molecule has 13 atom stereocenters. The second kappa shape index (κ2) is 9.48. The van der Waals surface area contributed by atoms with E-state index in [1.54, 1.807) is 20.8 Å². The highest BCUT2D eigenvalue weighted by molar-refractivity contribution is 6.01. The van der Waals surface area contributed by atoms with Gasteiger partial charge in [0.05, 0.1) is 6.10 Å². The molecule has 1 aliphatic heterocycles. The fourth-order valence-electron chi connectivity index (χ4n) is 8.60. The van der Waals surface area contributed by atoms with Crippen molar-refractivity contribution in [3.63, 3.8) is 0 Å². The SMILES string of the molecule is C[C@@H]1C[C@H]2[C@@H]3CCC4=CC(=O)C=C[C@]4(C)[C@@]3(F)[C@@H](O)C[C@]2(C)[C@@]1(O)C(=O)CO[C@H]1OC(C(=O)O)[C@H](O)C(O)C1O. The van der Waals surface area contributed by atoms with Crippen molar-refractivity contribution in [2.45, 2.75) is 94.5 Å². The van der Waals surface area contributed by atoms with E-state index >= 15 is 4.39 Å². The Bertz CT molecular complexity index is 1170. The number of alkyl halides is 1. The fraction of sp³-hybridized carbons (Fsp3) is 0.750. The number of aliphatic hydroxyl groups excluding tert-OH is 4. The standard InChI is InChI=1S/C28H37FO11/c1-12-8-16-15-5-4-13-9-14(30)6-7-25(13,2)27(15,29)17(31)10-26(16,3)28(12,38)18(32)11-39-24-21(35)19(33)20(34)22(40-24)23(36)37/h6-7,9,12,15-17,19-22,24,31,33-35,38H,4-5,8,10-11H2,1-3H3,(H,36,37)/t12-,15+,16+,17+,19?,20-,21?,22?,24+,25+,26+,27+,28+/m1/s1. The predicted octanol–water partition coefficient (Wildman–Crippen LogP) is -0.188. The largest absolute Gasteiger partial charge is 0.479 e. The fourth-order valence-corrected chi connectivity index (χ4v) is 8.60. The van der Waals surface area contributed by atoms with Gasteiger partial charge in [-0.15, -0.1) is 0 Å². The monoisotopic (exact) mass is 568 g/mol. The lowest BCUT2D eigenvalue weighted by molar-refractivity contribution is -0.293. The van der Waals surface area contributed by atoms with Crippen LogP contribution in [0.5, 0.6) is 0 Å². The molecule has 3 saturated carbocycles. The van der Waals surface area contributed by atoms with Crippen LogP contribution in [0.4, 0.5) is 4.39 Å². The average Bonchev–Trinajstić information content (AvgIpc) is 3.09. The minimum Gasteiger partial charge on any atom is -0.479 e. The molecule has 0 spiro atoms. The summed E-state index contributed by atoms with van der Waals surface area (Å²) in [7, 11) is 0. The quantitative estimate of drug-likeness (QED) is 0.258. The van der Waals surface area contributed by atoms with E-state index in [1.165, 1.54) is 18.2 Å². The zero-order valence-corrected chi connectivity index (χ0v) is 22.6. The molecule has 5 rings (SSSR count). The Morgan fingerprint density at radius 3 is 2.45 bits per heavy atom. The number of carboxylic acids is 1. The number of ketones is 2. The maximum atomic E-state index is 17.3. The first-order chi connectivity index (χ1) is 18.5. The van der Waals surface area contributed by atoms with Gasteiger partial charge in [-0.2, -0.15) is 0 Å². The lowest BCUT2D eigenvalue weighted by Crippen LogP contribution is -2.69. The third-order valence-electron chi connectivity index (χ3n) is 10.8. The Kier molecular flexibility index (Phi) is 6.98. The number of aliphatic carboxylic acids is 1. The van der Waals surface area contributed by atoms with Crippen molar-refractivity contribution in [2.75, 3.05) is 6.61 Å². The van der Waals surface area contributed by atoms with Gasteiger partial charge in [0, 0.05) is 16.7 Å². The Labute approximate surface area is 230 Å². The van der Waals surface area contributed by atoms with Crippen molar-refractivity contribution in [3.8, 4) is 0 Å². The molecule has 222 valence electrons. The molecule has 0 aromatic rings. The van der Waals surface area contributed by atoms with Crippen LogP contribution in [-0.2, 0) is 23.9 Å². The van der Waals surface area contributed by atoms with Crippen LogP contribution in [0, 0.1) is 28.6 Å². The van der Waals surface area contributed by atoms with E-state index in [0.717, 1.165) is 0 Å². The third-order valence-corrected chi connectivity index (χ3v) is 10.8. The first kappa shape index (κ1) is 29.4. The number of carbonyl (C=O) groups excluding carboxylic acids is 2. The molecule has 0 aromatic carbocycles. The molecule has 1 saturated heterocycles. The van der Waals surface area contributed by atoms with E-state index in [2.05, 4.69) is 0 Å². The van der Waals surface area contributed by atoms with Gasteiger partial charge in [0.1, 0.15) is 30.5 Å². The van der Waals surface area contributed by atoms with E-state index in [-0.39, 0.29) is 18.6 Å². The number of hydrogen-bond donors (Lipinski definition) is 6. The van der Waals surface area contributed by atoms with Crippen molar-refractivity contribution >= 4 is 17.5 Å². The van der Waals surface area contributed by atoms with E-state index in [1.807, 2.05) is 0 Å². The van der Waals surface area contributed by atoms with Crippen LogP contribution in [0.2, 0.25) is 0 Å². The van der Waals surface area contributed by atoms with Gasteiger partial charge in [0.2, 0.25) is 0 Å². The van der Waals surface area contributed by atoms with Crippen molar-refractivity contribution in [3.05, 3.63) is 23.8 Å². The molecule has 0 aromatic heterocycles. The summed E-state index contributed by atoms with van der Waals surface area (Å²) in [5, 5.41) is 62.8. The van der Waals surface area contributed by atoms with Crippen LogP contribution in [0.1, 0.15) is 46.5 Å². The number of aliphatic hydroxyl groups is 5. The van der Waals surface area contributed by atoms with Gasteiger partial charge in [-0.25, -0.2) is 9.18 Å². The summed E-state index contributed by atoms with van der Waals surface area (Å²) in [6.45, 7) is 4.16. The second-order valence-corrected chi connectivity index (χ2v) is 12.6. The molecule has 3 unspecified atom stereocenters. The summed E-state index contributed by atoms with van der Waals surface area (Å²) in [6, 6.07) is 0. The van der Waals surface area contributed by atoms with Crippen molar-refractivity contribution in [1.82, 2.24) is 0 Å². The van der Waals surface area contributed by atoms with E-state index < -0.39 is 95.0 Å². The van der Waals surface area contributed by atoms with Crippen LogP contribution < -0.4 is 0 Å². The zero-order valence-electron chi connectivity index (χ0n) is 22.6. The van der Waals surface area contributed by atoms with Crippen molar-refractivity contribution in [1.29, 1.82) is 0 Å². The van der Waals surface area contributed by atoms with E-state index in [9.17, 15) is 45.0 Å². The third kappa shape index (κ3) is 3.70. The van der Waals surface area contributed by atoms with Crippen LogP contribution >= 0.6 is 0 Å². The minimum absolute atomic E-state index is 0.233. The molecule has 40 heavy (non-hydrogen) atoms. The summed E-state index contributed by atoms with van der Waals surface area (Å²) >= 11 is 0. The highest BCUT2D eigenvalue weighted by Gasteiger charge is 2.75. The Morgan fingerprint density at radius 2 is 1.80 bits per heavy atom.